The smallest absolute Gasteiger partial charge is 0.257 e. The summed E-state index contributed by atoms with van der Waals surface area (Å²) in [4.78, 5) is 12.6. The normalized spacial score (nSPS) is 11.4. The van der Waals surface area contributed by atoms with Crippen LogP contribution in [0.25, 0.3) is 0 Å². The Balaban J connectivity index is 2.32. The summed E-state index contributed by atoms with van der Waals surface area (Å²) >= 11 is 6.09. The molecule has 0 saturated heterocycles. The molecule has 1 amide bonds. The van der Waals surface area contributed by atoms with Gasteiger partial charge in [0.2, 0.25) is 10.0 Å². The summed E-state index contributed by atoms with van der Waals surface area (Å²) in [6.07, 6.45) is 1.04. The first kappa shape index (κ1) is 18.3. The van der Waals surface area contributed by atoms with Crippen LogP contribution < -0.4 is 10.0 Å². The first-order chi connectivity index (χ1) is 11.2. The average molecular weight is 367 g/mol. The SMILES string of the molecule is CC(C)c1ccccc1NC(=O)c1cc(NS(C)(=O)=O)ccc1Cl. The lowest BCUT2D eigenvalue weighted by Gasteiger charge is -2.14. The van der Waals surface area contributed by atoms with Gasteiger partial charge in [0.05, 0.1) is 16.8 Å². The van der Waals surface area contributed by atoms with E-state index in [9.17, 15) is 13.2 Å². The molecule has 5 nitrogen and oxygen atoms in total. The summed E-state index contributed by atoms with van der Waals surface area (Å²) in [6.45, 7) is 4.07. The fourth-order valence-electron chi connectivity index (χ4n) is 2.28. The van der Waals surface area contributed by atoms with Gasteiger partial charge < -0.3 is 5.32 Å². The van der Waals surface area contributed by atoms with Crippen molar-refractivity contribution in [3.8, 4) is 0 Å². The van der Waals surface area contributed by atoms with E-state index < -0.39 is 15.9 Å². The molecule has 0 aromatic heterocycles. The van der Waals surface area contributed by atoms with Crippen LogP contribution in [0.4, 0.5) is 11.4 Å². The summed E-state index contributed by atoms with van der Waals surface area (Å²) in [6, 6.07) is 11.9. The number of rotatable bonds is 5. The molecule has 0 saturated carbocycles. The molecule has 0 aliphatic rings. The molecule has 0 heterocycles. The zero-order valence-electron chi connectivity index (χ0n) is 13.6. The maximum Gasteiger partial charge on any atom is 0.257 e. The molecule has 2 aromatic rings. The zero-order chi connectivity index (χ0) is 17.9. The molecule has 0 bridgehead atoms. The number of amides is 1. The third-order valence-corrected chi connectivity index (χ3v) is 4.28. The third-order valence-electron chi connectivity index (χ3n) is 3.35. The number of hydrogen-bond donors (Lipinski definition) is 2. The first-order valence-corrected chi connectivity index (χ1v) is 9.62. The van der Waals surface area contributed by atoms with Crippen LogP contribution in [0.2, 0.25) is 5.02 Å². The monoisotopic (exact) mass is 366 g/mol. The number of nitrogens with one attached hydrogen (secondary N) is 2. The number of benzene rings is 2. The van der Waals surface area contributed by atoms with Crippen molar-refractivity contribution in [2.45, 2.75) is 19.8 Å². The molecular formula is C17H19ClN2O3S. The van der Waals surface area contributed by atoms with Crippen molar-refractivity contribution in [1.82, 2.24) is 0 Å². The van der Waals surface area contributed by atoms with Gasteiger partial charge in [0.15, 0.2) is 0 Å². The standard InChI is InChI=1S/C17H19ClN2O3S/c1-11(2)13-6-4-5-7-16(13)19-17(21)14-10-12(8-9-15(14)18)20-24(3,22)23/h4-11,20H,1-3H3,(H,19,21). The Bertz CT molecular complexity index is 864. The Morgan fingerprint density at radius 1 is 1.12 bits per heavy atom. The minimum atomic E-state index is -3.43. The summed E-state index contributed by atoms with van der Waals surface area (Å²) in [5.41, 5.74) is 2.19. The third kappa shape index (κ3) is 4.72. The molecule has 0 fully saturated rings. The van der Waals surface area contributed by atoms with Crippen molar-refractivity contribution in [3.63, 3.8) is 0 Å². The largest absolute Gasteiger partial charge is 0.322 e. The Morgan fingerprint density at radius 2 is 1.79 bits per heavy atom. The number of sulfonamides is 1. The molecule has 0 atom stereocenters. The Hall–Kier alpha value is -2.05. The van der Waals surface area contributed by atoms with E-state index in [4.69, 9.17) is 11.6 Å². The predicted octanol–water partition coefficient (Wildman–Crippen LogP) is 4.09. The maximum absolute atomic E-state index is 12.6. The van der Waals surface area contributed by atoms with Crippen LogP contribution in [0.5, 0.6) is 0 Å². The highest BCUT2D eigenvalue weighted by molar-refractivity contribution is 7.92. The van der Waals surface area contributed by atoms with E-state index >= 15 is 0 Å². The van der Waals surface area contributed by atoms with Gasteiger partial charge >= 0.3 is 0 Å². The number of carbonyl (C=O) groups excluding carboxylic acids is 1. The molecule has 128 valence electrons. The van der Waals surface area contributed by atoms with Crippen molar-refractivity contribution in [2.75, 3.05) is 16.3 Å². The summed E-state index contributed by atoms with van der Waals surface area (Å²) in [5.74, 6) is -0.152. The second kappa shape index (κ2) is 7.23. The van der Waals surface area contributed by atoms with Gasteiger partial charge in [0.25, 0.3) is 5.91 Å². The van der Waals surface area contributed by atoms with Crippen LogP contribution >= 0.6 is 11.6 Å². The van der Waals surface area contributed by atoms with Gasteiger partial charge in [-0.1, -0.05) is 43.6 Å². The van der Waals surface area contributed by atoms with Crippen molar-refractivity contribution in [3.05, 3.63) is 58.6 Å². The van der Waals surface area contributed by atoms with E-state index in [-0.39, 0.29) is 22.2 Å². The Labute approximate surface area is 147 Å². The van der Waals surface area contributed by atoms with Gasteiger partial charge in [-0.25, -0.2) is 8.42 Å². The van der Waals surface area contributed by atoms with Gasteiger partial charge in [-0.05, 0) is 35.7 Å². The van der Waals surface area contributed by atoms with Gasteiger partial charge in [0, 0.05) is 11.4 Å². The molecule has 0 radical (unpaired) electrons. The topological polar surface area (TPSA) is 75.3 Å². The van der Waals surface area contributed by atoms with Crippen LogP contribution in [0.1, 0.15) is 35.7 Å². The highest BCUT2D eigenvalue weighted by Gasteiger charge is 2.15. The fraction of sp³-hybridized carbons (Fsp3) is 0.235. The van der Waals surface area contributed by atoms with Gasteiger partial charge in [0.1, 0.15) is 0 Å². The molecule has 0 aliphatic heterocycles. The predicted molar refractivity (Wildman–Crippen MR) is 98.4 cm³/mol. The Kier molecular flexibility index (Phi) is 5.51. The van der Waals surface area contributed by atoms with E-state index in [1.807, 2.05) is 38.1 Å². The van der Waals surface area contributed by atoms with Crippen LogP contribution in [-0.2, 0) is 10.0 Å². The molecule has 7 heteroatoms. The van der Waals surface area contributed by atoms with Crippen LogP contribution in [0.3, 0.4) is 0 Å². The van der Waals surface area contributed by atoms with Crippen molar-refractivity contribution in [1.29, 1.82) is 0 Å². The number of anilines is 2. The zero-order valence-corrected chi connectivity index (χ0v) is 15.2. The lowest BCUT2D eigenvalue weighted by Crippen LogP contribution is -2.15. The number of halogens is 1. The lowest BCUT2D eigenvalue weighted by atomic mass is 10.0. The van der Waals surface area contributed by atoms with E-state index in [1.54, 1.807) is 0 Å². The van der Waals surface area contributed by atoms with Crippen LogP contribution in [0, 0.1) is 0 Å². The maximum atomic E-state index is 12.6. The van der Waals surface area contributed by atoms with Crippen LogP contribution in [0.15, 0.2) is 42.5 Å². The Morgan fingerprint density at radius 3 is 2.42 bits per heavy atom. The fourth-order valence-corrected chi connectivity index (χ4v) is 3.04. The van der Waals surface area contributed by atoms with E-state index in [0.717, 1.165) is 11.8 Å². The number of carbonyl (C=O) groups is 1. The molecule has 24 heavy (non-hydrogen) atoms. The van der Waals surface area contributed by atoms with Crippen molar-refractivity contribution in [2.24, 2.45) is 0 Å². The van der Waals surface area contributed by atoms with E-state index in [2.05, 4.69) is 10.0 Å². The van der Waals surface area contributed by atoms with E-state index in [1.165, 1.54) is 18.2 Å². The molecule has 2 aromatic carbocycles. The molecule has 2 N–H and O–H groups in total. The highest BCUT2D eigenvalue weighted by atomic mass is 35.5. The van der Waals surface area contributed by atoms with Gasteiger partial charge in [-0.15, -0.1) is 0 Å². The van der Waals surface area contributed by atoms with Gasteiger partial charge in [-0.3, -0.25) is 9.52 Å². The van der Waals surface area contributed by atoms with Crippen molar-refractivity contribution < 1.29 is 13.2 Å². The second-order valence-corrected chi connectivity index (χ2v) is 7.92. The minimum absolute atomic E-state index is 0.198. The summed E-state index contributed by atoms with van der Waals surface area (Å²) in [5, 5.41) is 3.08. The second-order valence-electron chi connectivity index (χ2n) is 5.76. The summed E-state index contributed by atoms with van der Waals surface area (Å²) in [7, 11) is -3.43. The quantitative estimate of drug-likeness (QED) is 0.836. The molecule has 0 aliphatic carbocycles. The molecule has 0 spiro atoms. The molecule has 2 rings (SSSR count). The lowest BCUT2D eigenvalue weighted by molar-refractivity contribution is 0.102. The summed E-state index contributed by atoms with van der Waals surface area (Å²) < 4.78 is 25.0. The average Bonchev–Trinajstić information content (AvgIpc) is 2.48. The van der Waals surface area contributed by atoms with Crippen molar-refractivity contribution >= 4 is 38.9 Å². The number of hydrogen-bond acceptors (Lipinski definition) is 3. The van der Waals surface area contributed by atoms with E-state index in [0.29, 0.717) is 5.69 Å². The molecular weight excluding hydrogens is 348 g/mol. The number of para-hydroxylation sites is 1. The van der Waals surface area contributed by atoms with Crippen LogP contribution in [-0.4, -0.2) is 20.6 Å². The highest BCUT2D eigenvalue weighted by Crippen LogP contribution is 2.26. The minimum Gasteiger partial charge on any atom is -0.322 e. The first-order valence-electron chi connectivity index (χ1n) is 7.35. The van der Waals surface area contributed by atoms with Gasteiger partial charge in [-0.2, -0.15) is 0 Å². The molecule has 0 unspecified atom stereocenters.